The van der Waals surface area contributed by atoms with Crippen LogP contribution in [0.5, 0.6) is 0 Å². The summed E-state index contributed by atoms with van der Waals surface area (Å²) in [4.78, 5) is 12.2. The third kappa shape index (κ3) is 3.46. The van der Waals surface area contributed by atoms with E-state index in [1.165, 1.54) is 4.88 Å². The fourth-order valence-corrected chi connectivity index (χ4v) is 3.63. The number of aliphatic carboxylic acids is 1. The number of thiophene rings is 1. The second-order valence-corrected chi connectivity index (χ2v) is 6.68. The molecule has 1 aromatic heterocycles. The van der Waals surface area contributed by atoms with Gasteiger partial charge < -0.3 is 10.4 Å². The largest absolute Gasteiger partial charge is 0.481 e. The SMILES string of the molecule is CC(NC1CCCC(C(=O)O)C1)c1ccc(Cl)s1. The van der Waals surface area contributed by atoms with Crippen LogP contribution in [0.4, 0.5) is 0 Å². The van der Waals surface area contributed by atoms with E-state index in [-0.39, 0.29) is 12.0 Å². The van der Waals surface area contributed by atoms with Gasteiger partial charge in [-0.25, -0.2) is 0 Å². The predicted octanol–water partition coefficient (Wildman–Crippen LogP) is 3.70. The summed E-state index contributed by atoms with van der Waals surface area (Å²) in [6.45, 7) is 2.10. The molecule has 18 heavy (non-hydrogen) atoms. The first-order chi connectivity index (χ1) is 8.56. The van der Waals surface area contributed by atoms with Gasteiger partial charge in [0.25, 0.3) is 0 Å². The van der Waals surface area contributed by atoms with Crippen LogP contribution in [0, 0.1) is 5.92 Å². The van der Waals surface area contributed by atoms with Crippen molar-refractivity contribution in [2.45, 2.75) is 44.7 Å². The molecule has 1 heterocycles. The van der Waals surface area contributed by atoms with E-state index in [2.05, 4.69) is 12.2 Å². The van der Waals surface area contributed by atoms with Gasteiger partial charge in [0.15, 0.2) is 0 Å². The molecule has 0 bridgehead atoms. The minimum absolute atomic E-state index is 0.185. The van der Waals surface area contributed by atoms with Crippen molar-refractivity contribution in [2.24, 2.45) is 5.92 Å². The first-order valence-electron chi connectivity index (χ1n) is 6.30. The van der Waals surface area contributed by atoms with E-state index in [1.807, 2.05) is 12.1 Å². The first-order valence-corrected chi connectivity index (χ1v) is 7.50. The molecule has 0 aliphatic heterocycles. The third-order valence-corrected chi connectivity index (χ3v) is 4.94. The molecule has 100 valence electrons. The van der Waals surface area contributed by atoms with Crippen molar-refractivity contribution in [2.75, 3.05) is 0 Å². The second kappa shape index (κ2) is 6.04. The summed E-state index contributed by atoms with van der Waals surface area (Å²) < 4.78 is 0.797. The zero-order valence-corrected chi connectivity index (χ0v) is 11.9. The molecule has 0 amide bonds. The number of halogens is 1. The maximum Gasteiger partial charge on any atom is 0.306 e. The van der Waals surface area contributed by atoms with Crippen LogP contribution in [0.25, 0.3) is 0 Å². The van der Waals surface area contributed by atoms with Crippen molar-refractivity contribution in [3.63, 3.8) is 0 Å². The smallest absolute Gasteiger partial charge is 0.306 e. The van der Waals surface area contributed by atoms with E-state index >= 15 is 0 Å². The fraction of sp³-hybridized carbons (Fsp3) is 0.615. The van der Waals surface area contributed by atoms with Gasteiger partial charge in [0.1, 0.15) is 0 Å². The van der Waals surface area contributed by atoms with Crippen molar-refractivity contribution in [1.29, 1.82) is 0 Å². The Morgan fingerprint density at radius 1 is 1.56 bits per heavy atom. The van der Waals surface area contributed by atoms with Crippen LogP contribution in [0.1, 0.15) is 43.5 Å². The van der Waals surface area contributed by atoms with Gasteiger partial charge >= 0.3 is 5.97 Å². The highest BCUT2D eigenvalue weighted by Crippen LogP contribution is 2.30. The average Bonchev–Trinajstić information content (AvgIpc) is 2.76. The highest BCUT2D eigenvalue weighted by molar-refractivity contribution is 7.16. The van der Waals surface area contributed by atoms with Gasteiger partial charge in [-0.3, -0.25) is 4.79 Å². The lowest BCUT2D eigenvalue weighted by Gasteiger charge is -2.29. The number of carboxylic acids is 1. The summed E-state index contributed by atoms with van der Waals surface area (Å²) in [6.07, 6.45) is 3.60. The normalized spacial score (nSPS) is 25.9. The number of rotatable bonds is 4. The molecule has 0 saturated heterocycles. The van der Waals surface area contributed by atoms with Crippen molar-refractivity contribution >= 4 is 28.9 Å². The highest BCUT2D eigenvalue weighted by Gasteiger charge is 2.27. The number of hydrogen-bond donors (Lipinski definition) is 2. The highest BCUT2D eigenvalue weighted by atomic mass is 35.5. The predicted molar refractivity (Wildman–Crippen MR) is 74.3 cm³/mol. The molecule has 5 heteroatoms. The van der Waals surface area contributed by atoms with E-state index in [4.69, 9.17) is 16.7 Å². The molecule has 1 aromatic rings. The van der Waals surface area contributed by atoms with Crippen molar-refractivity contribution < 1.29 is 9.90 Å². The molecule has 3 nitrogen and oxygen atoms in total. The number of carboxylic acid groups (broad SMARTS) is 1. The van der Waals surface area contributed by atoms with Gasteiger partial charge in [0.2, 0.25) is 0 Å². The first kappa shape index (κ1) is 13.8. The van der Waals surface area contributed by atoms with E-state index in [0.717, 1.165) is 30.0 Å². The molecule has 3 unspecified atom stereocenters. The summed E-state index contributed by atoms with van der Waals surface area (Å²) in [6, 6.07) is 4.47. The van der Waals surface area contributed by atoms with Gasteiger partial charge in [0, 0.05) is 17.0 Å². The van der Waals surface area contributed by atoms with Crippen molar-refractivity contribution in [3.8, 4) is 0 Å². The van der Waals surface area contributed by atoms with Gasteiger partial charge in [-0.2, -0.15) is 0 Å². The van der Waals surface area contributed by atoms with Crippen LogP contribution in [-0.2, 0) is 4.79 Å². The van der Waals surface area contributed by atoms with Crippen LogP contribution in [0.2, 0.25) is 4.34 Å². The quantitative estimate of drug-likeness (QED) is 0.888. The summed E-state index contributed by atoms with van der Waals surface area (Å²) in [5, 5.41) is 12.6. The van der Waals surface area contributed by atoms with Gasteiger partial charge in [0.05, 0.1) is 10.3 Å². The molecular weight excluding hydrogens is 270 g/mol. The monoisotopic (exact) mass is 287 g/mol. The molecule has 2 N–H and O–H groups in total. The molecule has 1 aliphatic rings. The summed E-state index contributed by atoms with van der Waals surface area (Å²) >= 11 is 7.50. The molecule has 0 radical (unpaired) electrons. The zero-order chi connectivity index (χ0) is 13.1. The molecule has 2 rings (SSSR count). The zero-order valence-electron chi connectivity index (χ0n) is 10.4. The van der Waals surface area contributed by atoms with Crippen LogP contribution in [0.15, 0.2) is 12.1 Å². The lowest BCUT2D eigenvalue weighted by molar-refractivity contribution is -0.143. The Kier molecular flexibility index (Phi) is 4.65. The van der Waals surface area contributed by atoms with Gasteiger partial charge in [-0.1, -0.05) is 18.0 Å². The van der Waals surface area contributed by atoms with Crippen molar-refractivity contribution in [3.05, 3.63) is 21.3 Å². The fourth-order valence-electron chi connectivity index (χ4n) is 2.56. The summed E-state index contributed by atoms with van der Waals surface area (Å²) in [7, 11) is 0. The second-order valence-electron chi connectivity index (χ2n) is 4.93. The lowest BCUT2D eigenvalue weighted by Crippen LogP contribution is -2.37. The molecular formula is C13H18ClNO2S. The Hall–Kier alpha value is -0.580. The summed E-state index contributed by atoms with van der Waals surface area (Å²) in [5.41, 5.74) is 0. The third-order valence-electron chi connectivity index (χ3n) is 3.53. The topological polar surface area (TPSA) is 49.3 Å². The van der Waals surface area contributed by atoms with E-state index in [9.17, 15) is 4.79 Å². The standard InChI is InChI=1S/C13H18ClNO2S/c1-8(11-5-6-12(14)18-11)15-10-4-2-3-9(7-10)13(16)17/h5-6,8-10,15H,2-4,7H2,1H3,(H,16,17). The molecule has 1 aliphatic carbocycles. The number of carbonyl (C=O) groups is 1. The minimum atomic E-state index is -0.659. The Labute approximate surface area is 116 Å². The minimum Gasteiger partial charge on any atom is -0.481 e. The van der Waals surface area contributed by atoms with E-state index < -0.39 is 5.97 Å². The van der Waals surface area contributed by atoms with Gasteiger partial charge in [-0.15, -0.1) is 11.3 Å². The Morgan fingerprint density at radius 3 is 2.94 bits per heavy atom. The lowest BCUT2D eigenvalue weighted by atomic mass is 9.85. The Balaban J connectivity index is 1.91. The summed E-state index contributed by atoms with van der Waals surface area (Å²) in [5.74, 6) is -0.844. The Morgan fingerprint density at radius 2 is 2.33 bits per heavy atom. The maximum atomic E-state index is 11.0. The average molecular weight is 288 g/mol. The van der Waals surface area contributed by atoms with E-state index in [0.29, 0.717) is 6.04 Å². The molecule has 1 saturated carbocycles. The maximum absolute atomic E-state index is 11.0. The molecule has 0 aromatic carbocycles. The van der Waals surface area contributed by atoms with E-state index in [1.54, 1.807) is 11.3 Å². The van der Waals surface area contributed by atoms with Crippen LogP contribution in [0.3, 0.4) is 0 Å². The van der Waals surface area contributed by atoms with Crippen LogP contribution >= 0.6 is 22.9 Å². The molecule has 1 fully saturated rings. The van der Waals surface area contributed by atoms with Crippen LogP contribution in [-0.4, -0.2) is 17.1 Å². The number of nitrogens with one attached hydrogen (secondary N) is 1. The van der Waals surface area contributed by atoms with Crippen molar-refractivity contribution in [1.82, 2.24) is 5.32 Å². The molecule has 0 spiro atoms. The number of hydrogen-bond acceptors (Lipinski definition) is 3. The Bertz CT molecular complexity index is 421. The van der Waals surface area contributed by atoms with Gasteiger partial charge in [-0.05, 0) is 38.3 Å². The molecule has 3 atom stereocenters. The van der Waals surface area contributed by atoms with Crippen LogP contribution < -0.4 is 5.32 Å².